The van der Waals surface area contributed by atoms with Crippen molar-refractivity contribution in [3.63, 3.8) is 0 Å². The third kappa shape index (κ3) is 4.40. The van der Waals surface area contributed by atoms with Gasteiger partial charge in [0.25, 0.3) is 0 Å². The highest BCUT2D eigenvalue weighted by atomic mass is 15.2. The van der Waals surface area contributed by atoms with Crippen molar-refractivity contribution >= 4 is 44.9 Å². The molecule has 0 saturated heterocycles. The van der Waals surface area contributed by atoms with Crippen molar-refractivity contribution < 1.29 is 0 Å². The lowest BCUT2D eigenvalue weighted by Crippen LogP contribution is -2.43. The Hall–Kier alpha value is -8.40. The Morgan fingerprint density at radius 1 is 0.400 bits per heavy atom. The molecule has 0 aliphatic heterocycles. The topological polar surface area (TPSA) is 30.7 Å². The van der Waals surface area contributed by atoms with Gasteiger partial charge in [-0.2, -0.15) is 0 Å². The molecule has 0 saturated carbocycles. The lowest BCUT2D eigenvalue weighted by atomic mass is 9.52. The zero-order valence-electron chi connectivity index (χ0n) is 35.5. The monoisotopic (exact) mass is 825 g/mol. The summed E-state index contributed by atoms with van der Waals surface area (Å²) in [6.07, 6.45) is 3.76. The van der Waals surface area contributed by atoms with E-state index in [0.717, 1.165) is 44.3 Å². The third-order valence-electron chi connectivity index (χ3n) is 14.9. The molecule has 2 aromatic heterocycles. The number of hydrogen-bond acceptors (Lipinski definition) is 2. The van der Waals surface area contributed by atoms with E-state index in [1.165, 1.54) is 77.5 Å². The first-order valence-corrected chi connectivity index (χ1v) is 22.4. The summed E-state index contributed by atoms with van der Waals surface area (Å²) in [6.45, 7) is 8.16. The Balaban J connectivity index is 1.09. The molecule has 3 aliphatic rings. The van der Waals surface area contributed by atoms with Gasteiger partial charge < -0.3 is 0 Å². The van der Waals surface area contributed by atoms with E-state index >= 15 is 0 Å². The fraction of sp³-hybridized carbons (Fsp3) is 0.0323. The molecule has 3 heteroatoms. The standard InChI is InChI=1S/C62H39N3/c1-3-38-33-34-40(37-39(38)4-2)59-44-22-8-17-31-54(44)63-60(64-59)65-55-32-18-9-23-45(55)58-56(65)36-35-53-57(58)43-21-7-12-26-48(43)62(53)51-29-15-13-27-49(51)61(50-28-14-16-30-52(50)62)46-24-10-5-19-41(46)42-20-6-11-25-47(42)61/h3-37H,1-2H2. The summed E-state index contributed by atoms with van der Waals surface area (Å²) >= 11 is 0. The highest BCUT2D eigenvalue weighted by Crippen LogP contribution is 2.68. The van der Waals surface area contributed by atoms with Crippen LogP contribution in [0.25, 0.3) is 84.3 Å². The molecule has 3 nitrogen and oxygen atoms in total. The van der Waals surface area contributed by atoms with Crippen LogP contribution in [0.3, 0.4) is 0 Å². The smallest absolute Gasteiger partial charge is 0.235 e. The minimum atomic E-state index is -0.596. The van der Waals surface area contributed by atoms with Crippen molar-refractivity contribution in [2.75, 3.05) is 0 Å². The van der Waals surface area contributed by atoms with Gasteiger partial charge in [-0.15, -0.1) is 0 Å². The molecule has 2 heterocycles. The van der Waals surface area contributed by atoms with Crippen molar-refractivity contribution in [3.8, 4) is 39.5 Å². The third-order valence-corrected chi connectivity index (χ3v) is 14.9. The van der Waals surface area contributed by atoms with Crippen LogP contribution >= 0.6 is 0 Å². The number of rotatable bonds is 4. The summed E-state index contributed by atoms with van der Waals surface area (Å²) < 4.78 is 2.28. The van der Waals surface area contributed by atoms with E-state index in [1.54, 1.807) is 0 Å². The van der Waals surface area contributed by atoms with Crippen LogP contribution in [0.5, 0.6) is 0 Å². The average molecular weight is 826 g/mol. The molecule has 0 atom stereocenters. The van der Waals surface area contributed by atoms with E-state index in [0.29, 0.717) is 5.95 Å². The highest BCUT2D eigenvalue weighted by molar-refractivity contribution is 6.18. The Morgan fingerprint density at radius 3 is 1.54 bits per heavy atom. The van der Waals surface area contributed by atoms with E-state index in [-0.39, 0.29) is 0 Å². The maximum atomic E-state index is 5.49. The molecular weight excluding hydrogens is 787 g/mol. The van der Waals surface area contributed by atoms with E-state index in [2.05, 4.69) is 218 Å². The van der Waals surface area contributed by atoms with Crippen LogP contribution in [0.2, 0.25) is 0 Å². The molecule has 0 amide bonds. The fourth-order valence-electron chi connectivity index (χ4n) is 12.5. The molecule has 0 N–H and O–H groups in total. The molecule has 0 unspecified atom stereocenters. The van der Waals surface area contributed by atoms with Crippen LogP contribution in [-0.2, 0) is 10.8 Å². The van der Waals surface area contributed by atoms with Crippen molar-refractivity contribution in [2.45, 2.75) is 10.8 Å². The Morgan fingerprint density at radius 2 is 0.908 bits per heavy atom. The van der Waals surface area contributed by atoms with Gasteiger partial charge in [-0.05, 0) is 102 Å². The van der Waals surface area contributed by atoms with Gasteiger partial charge in [-0.1, -0.05) is 201 Å². The van der Waals surface area contributed by atoms with Gasteiger partial charge in [0.15, 0.2) is 0 Å². The molecule has 0 fully saturated rings. The number of fused-ring (bicyclic) bond motifs is 21. The summed E-state index contributed by atoms with van der Waals surface area (Å²) in [7, 11) is 0. The van der Waals surface area contributed by atoms with E-state index in [1.807, 2.05) is 12.2 Å². The van der Waals surface area contributed by atoms with Crippen molar-refractivity contribution in [1.82, 2.24) is 14.5 Å². The zero-order chi connectivity index (χ0) is 43.0. The van der Waals surface area contributed by atoms with Crippen molar-refractivity contribution in [3.05, 3.63) is 269 Å². The molecule has 65 heavy (non-hydrogen) atoms. The first-order valence-electron chi connectivity index (χ1n) is 22.4. The quantitative estimate of drug-likeness (QED) is 0.177. The van der Waals surface area contributed by atoms with Gasteiger partial charge in [0.2, 0.25) is 5.95 Å². The van der Waals surface area contributed by atoms with Gasteiger partial charge in [-0.3, -0.25) is 4.57 Å². The molecule has 302 valence electrons. The lowest BCUT2D eigenvalue weighted by Gasteiger charge is -2.48. The van der Waals surface area contributed by atoms with Crippen LogP contribution in [0.15, 0.2) is 213 Å². The molecule has 11 aromatic rings. The van der Waals surface area contributed by atoms with Gasteiger partial charge >= 0.3 is 0 Å². The second kappa shape index (κ2) is 13.1. The van der Waals surface area contributed by atoms with Gasteiger partial charge in [0, 0.05) is 21.7 Å². The summed E-state index contributed by atoms with van der Waals surface area (Å²) in [5, 5.41) is 3.37. The second-order valence-electron chi connectivity index (χ2n) is 17.6. The first kappa shape index (κ1) is 36.1. The number of hydrogen-bond donors (Lipinski definition) is 0. The molecule has 3 aliphatic carbocycles. The second-order valence-corrected chi connectivity index (χ2v) is 17.6. The predicted octanol–water partition coefficient (Wildman–Crippen LogP) is 14.7. The van der Waals surface area contributed by atoms with E-state index < -0.39 is 10.8 Å². The van der Waals surface area contributed by atoms with Crippen molar-refractivity contribution in [1.29, 1.82) is 0 Å². The highest BCUT2D eigenvalue weighted by Gasteiger charge is 2.59. The Labute approximate surface area is 377 Å². The van der Waals surface area contributed by atoms with Crippen LogP contribution < -0.4 is 0 Å². The molecule has 2 spiro atoms. The molecule has 0 bridgehead atoms. The maximum Gasteiger partial charge on any atom is 0.235 e. The van der Waals surface area contributed by atoms with Crippen LogP contribution in [0.1, 0.15) is 55.6 Å². The lowest BCUT2D eigenvalue weighted by molar-refractivity contribution is 0.633. The van der Waals surface area contributed by atoms with Crippen molar-refractivity contribution in [2.24, 2.45) is 0 Å². The first-order chi connectivity index (χ1) is 32.2. The SMILES string of the molecule is C=Cc1ccc(-c2nc(-n3c4ccccc4c4c5c(ccc43)C3(c4ccccc4-5)c4ccccc4C4(c5ccccc5-c5ccccc54)c4ccccc43)nc3ccccc23)cc1C=C. The minimum absolute atomic E-state index is 0.493. The van der Waals surface area contributed by atoms with E-state index in [4.69, 9.17) is 9.97 Å². The molecular formula is C62H39N3. The minimum Gasteiger partial charge on any atom is -0.278 e. The van der Waals surface area contributed by atoms with E-state index in [9.17, 15) is 0 Å². The van der Waals surface area contributed by atoms with Crippen LogP contribution in [-0.4, -0.2) is 14.5 Å². The Kier molecular flexibility index (Phi) is 7.26. The maximum absolute atomic E-state index is 5.49. The van der Waals surface area contributed by atoms with Gasteiger partial charge in [-0.25, -0.2) is 9.97 Å². The summed E-state index contributed by atoms with van der Waals surface area (Å²) in [5.41, 5.74) is 21.6. The number of aromatic nitrogens is 3. The Bertz CT molecular complexity index is 3810. The summed E-state index contributed by atoms with van der Waals surface area (Å²) in [6, 6.07) is 74.2. The number of nitrogens with zero attached hydrogens (tertiary/aromatic N) is 3. The zero-order valence-corrected chi connectivity index (χ0v) is 35.5. The summed E-state index contributed by atoms with van der Waals surface area (Å²) in [4.78, 5) is 10.8. The average Bonchev–Trinajstić information content (AvgIpc) is 3.98. The normalized spacial score (nSPS) is 14.2. The summed E-state index contributed by atoms with van der Waals surface area (Å²) in [5.74, 6) is 0.632. The fourth-order valence-corrected chi connectivity index (χ4v) is 12.5. The van der Waals surface area contributed by atoms with Gasteiger partial charge in [0.05, 0.1) is 33.1 Å². The van der Waals surface area contributed by atoms with Crippen LogP contribution in [0.4, 0.5) is 0 Å². The largest absolute Gasteiger partial charge is 0.278 e. The molecule has 0 radical (unpaired) electrons. The number of para-hydroxylation sites is 2. The number of benzene rings is 9. The van der Waals surface area contributed by atoms with Crippen LogP contribution in [0, 0.1) is 0 Å². The van der Waals surface area contributed by atoms with Gasteiger partial charge in [0.1, 0.15) is 0 Å². The molecule has 9 aromatic carbocycles. The predicted molar refractivity (Wildman–Crippen MR) is 268 cm³/mol. The molecule has 14 rings (SSSR count).